The Hall–Kier alpha value is -4.08. The van der Waals surface area contributed by atoms with Crippen molar-refractivity contribution in [3.05, 3.63) is 59.7 Å². The van der Waals surface area contributed by atoms with Gasteiger partial charge in [-0.2, -0.15) is 0 Å². The van der Waals surface area contributed by atoms with Crippen molar-refractivity contribution in [2.45, 2.75) is 52.2 Å². The summed E-state index contributed by atoms with van der Waals surface area (Å²) in [5, 5.41) is 21.5. The number of nitrogens with zero attached hydrogens (tertiary/aromatic N) is 1. The van der Waals surface area contributed by atoms with Crippen molar-refractivity contribution in [3.8, 4) is 11.5 Å². The Kier molecular flexibility index (Phi) is 9.70. The molecule has 0 saturated carbocycles. The van der Waals surface area contributed by atoms with Gasteiger partial charge in [-0.05, 0) is 62.8 Å². The quantitative estimate of drug-likeness (QED) is 0.244. The molecule has 10 nitrogen and oxygen atoms in total. The predicted molar refractivity (Wildman–Crippen MR) is 137 cm³/mol. The van der Waals surface area contributed by atoms with E-state index in [1.54, 1.807) is 6.07 Å². The molecule has 3 N–H and O–H groups in total. The lowest BCUT2D eigenvalue weighted by Gasteiger charge is -2.35. The van der Waals surface area contributed by atoms with E-state index in [-0.39, 0.29) is 37.8 Å². The number of rotatable bonds is 10. The minimum Gasteiger partial charge on any atom is -0.504 e. The van der Waals surface area contributed by atoms with Crippen LogP contribution in [0.4, 0.5) is 4.79 Å². The Morgan fingerprint density at radius 3 is 2.42 bits per heavy atom. The van der Waals surface area contributed by atoms with E-state index in [9.17, 15) is 29.4 Å². The maximum absolute atomic E-state index is 13.1. The van der Waals surface area contributed by atoms with Crippen molar-refractivity contribution in [2.75, 3.05) is 19.7 Å². The van der Waals surface area contributed by atoms with Crippen molar-refractivity contribution in [1.29, 1.82) is 0 Å². The van der Waals surface area contributed by atoms with Crippen molar-refractivity contribution >= 4 is 23.8 Å². The molecular formula is C28H34N2O8. The lowest BCUT2D eigenvalue weighted by molar-refractivity contribution is -0.162. The minimum absolute atomic E-state index is 0.0779. The summed E-state index contributed by atoms with van der Waals surface area (Å²) >= 11 is 0. The number of aromatic hydroxyl groups is 2. The number of hydrogen-bond acceptors (Lipinski definition) is 8. The number of hydrogen-bond donors (Lipinski definition) is 3. The van der Waals surface area contributed by atoms with Crippen LogP contribution in [0, 0.1) is 5.41 Å². The third kappa shape index (κ3) is 7.71. The Morgan fingerprint density at radius 1 is 0.974 bits per heavy atom. The van der Waals surface area contributed by atoms with E-state index >= 15 is 0 Å². The number of ether oxygens (including phenoxy) is 2. The Morgan fingerprint density at radius 2 is 1.71 bits per heavy atom. The summed E-state index contributed by atoms with van der Waals surface area (Å²) in [5.74, 6) is -2.59. The fourth-order valence-electron chi connectivity index (χ4n) is 4.06. The molecule has 0 radical (unpaired) electrons. The zero-order valence-electron chi connectivity index (χ0n) is 21.6. The largest absolute Gasteiger partial charge is 0.504 e. The molecule has 2 aromatic rings. The summed E-state index contributed by atoms with van der Waals surface area (Å²) in [7, 11) is 0. The van der Waals surface area contributed by atoms with E-state index in [0.717, 1.165) is 12.0 Å². The molecule has 204 valence electrons. The molecule has 0 aromatic heterocycles. The summed E-state index contributed by atoms with van der Waals surface area (Å²) in [4.78, 5) is 52.4. The van der Waals surface area contributed by atoms with Gasteiger partial charge in [0.05, 0.1) is 5.41 Å². The zero-order valence-corrected chi connectivity index (χ0v) is 21.6. The lowest BCUT2D eigenvalue weighted by atomic mass is 9.87. The Labute approximate surface area is 221 Å². The van der Waals surface area contributed by atoms with Crippen LogP contribution in [-0.4, -0.2) is 64.6 Å². The smallest absolute Gasteiger partial charge is 0.407 e. The van der Waals surface area contributed by atoms with Gasteiger partial charge in [-0.3, -0.25) is 9.59 Å². The van der Waals surface area contributed by atoms with Gasteiger partial charge >= 0.3 is 12.1 Å². The van der Waals surface area contributed by atoms with Crippen LogP contribution >= 0.6 is 0 Å². The molecular weight excluding hydrogens is 492 g/mol. The molecule has 1 aliphatic rings. The second kappa shape index (κ2) is 12.9. The van der Waals surface area contributed by atoms with Crippen LogP contribution in [-0.2, 0) is 36.9 Å². The third-order valence-electron chi connectivity index (χ3n) is 6.36. The van der Waals surface area contributed by atoms with E-state index in [1.807, 2.05) is 30.3 Å². The molecule has 1 atom stereocenters. The van der Waals surface area contributed by atoms with Crippen LogP contribution in [0.1, 0.15) is 44.2 Å². The molecule has 0 bridgehead atoms. The summed E-state index contributed by atoms with van der Waals surface area (Å²) < 4.78 is 10.6. The van der Waals surface area contributed by atoms with Crippen molar-refractivity contribution in [1.82, 2.24) is 10.2 Å². The zero-order chi connectivity index (χ0) is 27.7. The van der Waals surface area contributed by atoms with Crippen LogP contribution in [0.2, 0.25) is 0 Å². The number of phenols is 2. The van der Waals surface area contributed by atoms with Crippen LogP contribution in [0.15, 0.2) is 48.5 Å². The highest BCUT2D eigenvalue weighted by Gasteiger charge is 2.42. The fourth-order valence-corrected chi connectivity index (χ4v) is 4.06. The number of piperidine rings is 1. The van der Waals surface area contributed by atoms with E-state index < -0.39 is 35.2 Å². The van der Waals surface area contributed by atoms with Gasteiger partial charge in [0.1, 0.15) is 19.3 Å². The molecule has 0 aliphatic carbocycles. The number of Topliss-reactive ketones (excluding diaryl/α,β-unsaturated/α-hetero) is 1. The first-order valence-electron chi connectivity index (χ1n) is 12.6. The van der Waals surface area contributed by atoms with Gasteiger partial charge in [0.2, 0.25) is 5.78 Å². The van der Waals surface area contributed by atoms with Gasteiger partial charge in [0, 0.05) is 13.1 Å². The number of benzene rings is 2. The lowest BCUT2D eigenvalue weighted by Crippen LogP contribution is -2.53. The maximum Gasteiger partial charge on any atom is 0.407 e. The molecule has 1 saturated heterocycles. The molecule has 1 aliphatic heterocycles. The number of phenolic OH excluding ortho intramolecular Hbond substituents is 2. The molecule has 2 aromatic carbocycles. The normalized spacial score (nSPS) is 15.4. The van der Waals surface area contributed by atoms with Gasteiger partial charge in [0.25, 0.3) is 5.91 Å². The first-order chi connectivity index (χ1) is 18.1. The van der Waals surface area contributed by atoms with E-state index in [4.69, 9.17) is 9.47 Å². The molecule has 3 rings (SSSR count). The summed E-state index contributed by atoms with van der Waals surface area (Å²) in [5.41, 5.74) is 0.205. The molecule has 0 spiro atoms. The summed E-state index contributed by atoms with van der Waals surface area (Å²) in [6.45, 7) is 3.21. The number of esters is 1. The molecule has 1 fully saturated rings. The summed E-state index contributed by atoms with van der Waals surface area (Å²) in [6, 6.07) is 12.7. The highest BCUT2D eigenvalue weighted by molar-refractivity contribution is 6.38. The SMILES string of the molecule is CC(C)(COC(=O)NCCc1ccc(O)c(O)c1)C(=O)C(=O)N1CCCC[C@H]1C(=O)OCc1ccccc1. The molecule has 38 heavy (non-hydrogen) atoms. The van der Waals surface area contributed by atoms with Crippen LogP contribution in [0.25, 0.3) is 0 Å². The second-order valence-corrected chi connectivity index (χ2v) is 9.89. The summed E-state index contributed by atoms with van der Waals surface area (Å²) in [6.07, 6.45) is 1.42. The molecule has 2 amide bonds. The van der Waals surface area contributed by atoms with Crippen LogP contribution in [0.3, 0.4) is 0 Å². The molecule has 1 heterocycles. The topological polar surface area (TPSA) is 142 Å². The van der Waals surface area contributed by atoms with Crippen molar-refractivity contribution in [3.63, 3.8) is 0 Å². The monoisotopic (exact) mass is 526 g/mol. The van der Waals surface area contributed by atoms with Gasteiger partial charge in [-0.1, -0.05) is 36.4 Å². The number of carbonyl (C=O) groups is 4. The Balaban J connectivity index is 1.50. The fraction of sp³-hybridized carbons (Fsp3) is 0.429. The van der Waals surface area contributed by atoms with Gasteiger partial charge in [-0.15, -0.1) is 0 Å². The van der Waals surface area contributed by atoms with E-state index in [0.29, 0.717) is 24.8 Å². The highest BCUT2D eigenvalue weighted by atomic mass is 16.5. The second-order valence-electron chi connectivity index (χ2n) is 9.89. The number of ketones is 1. The highest BCUT2D eigenvalue weighted by Crippen LogP contribution is 2.26. The molecule has 0 unspecified atom stereocenters. The number of likely N-dealkylation sites (tertiary alicyclic amines) is 1. The van der Waals surface area contributed by atoms with Crippen LogP contribution in [0.5, 0.6) is 11.5 Å². The van der Waals surface area contributed by atoms with E-state index in [2.05, 4.69) is 5.32 Å². The van der Waals surface area contributed by atoms with Crippen molar-refractivity contribution in [2.24, 2.45) is 5.41 Å². The number of nitrogens with one attached hydrogen (secondary N) is 1. The average Bonchev–Trinajstić information content (AvgIpc) is 2.92. The van der Waals surface area contributed by atoms with Crippen molar-refractivity contribution < 1.29 is 38.9 Å². The average molecular weight is 527 g/mol. The number of amides is 2. The van der Waals surface area contributed by atoms with E-state index in [1.165, 1.54) is 30.9 Å². The van der Waals surface area contributed by atoms with Gasteiger partial charge in [-0.25, -0.2) is 9.59 Å². The third-order valence-corrected chi connectivity index (χ3v) is 6.36. The Bertz CT molecular complexity index is 1150. The van der Waals surface area contributed by atoms with Crippen LogP contribution < -0.4 is 5.32 Å². The molecule has 10 heteroatoms. The number of alkyl carbamates (subject to hydrolysis) is 1. The first kappa shape index (κ1) is 28.5. The predicted octanol–water partition coefficient (Wildman–Crippen LogP) is 3.09. The van der Waals surface area contributed by atoms with Gasteiger partial charge in [0.15, 0.2) is 11.5 Å². The standard InChI is InChI=1S/C28H34N2O8/c1-28(2,18-38-27(36)29-14-13-19-11-12-22(31)23(32)16-19)24(33)25(34)30-15-7-6-10-21(30)26(35)37-17-20-8-4-3-5-9-20/h3-5,8-9,11-12,16,21,31-32H,6-7,10,13-15,17-18H2,1-2H3,(H,29,36)/t21-/m0/s1. The minimum atomic E-state index is -1.31. The first-order valence-corrected chi connectivity index (χ1v) is 12.6. The van der Waals surface area contributed by atoms with Gasteiger partial charge < -0.3 is 29.9 Å². The number of carbonyl (C=O) groups excluding carboxylic acids is 4. The maximum atomic E-state index is 13.1.